The van der Waals surface area contributed by atoms with Gasteiger partial charge in [0.1, 0.15) is 36.3 Å². The molecule has 0 saturated heterocycles. The van der Waals surface area contributed by atoms with Crippen LogP contribution in [0.2, 0.25) is 0 Å². The molecule has 3 aromatic carbocycles. The molecule has 0 aliphatic carbocycles. The topological polar surface area (TPSA) is 140 Å². The van der Waals surface area contributed by atoms with Crippen LogP contribution >= 0.6 is 7.75 Å². The lowest BCUT2D eigenvalue weighted by atomic mass is 9.94. The maximum atomic E-state index is 14.6. The van der Waals surface area contributed by atoms with Gasteiger partial charge in [0.05, 0.1) is 23.2 Å². The smallest absolute Gasteiger partial charge is 0.459 e. The van der Waals surface area contributed by atoms with Crippen molar-refractivity contribution < 1.29 is 27.9 Å². The molecule has 254 valence electrons. The average molecular weight is 674 g/mol. The number of nitrogens with one attached hydrogen (secondary N) is 1. The van der Waals surface area contributed by atoms with Gasteiger partial charge >= 0.3 is 13.7 Å². The SMILES string of the molecule is CCCCC(C)(CO[P@](=O)(N[C@@H](C)C(=O)OCc1ccccc1)Oc1ccccc1)n1c(COCC)nc2c(N)nc3ccccc3c21. The van der Waals surface area contributed by atoms with E-state index in [0.29, 0.717) is 35.9 Å². The molecule has 0 spiro atoms. The highest BCUT2D eigenvalue weighted by molar-refractivity contribution is 7.52. The first-order chi connectivity index (χ1) is 23.2. The molecule has 2 heterocycles. The number of hydrogen-bond donors (Lipinski definition) is 2. The summed E-state index contributed by atoms with van der Waals surface area (Å²) in [5, 5.41) is 3.71. The molecule has 11 nitrogen and oxygen atoms in total. The van der Waals surface area contributed by atoms with Crippen LogP contribution in [-0.2, 0) is 42.1 Å². The zero-order valence-corrected chi connectivity index (χ0v) is 28.8. The van der Waals surface area contributed by atoms with Crippen LogP contribution < -0.4 is 15.3 Å². The Kier molecular flexibility index (Phi) is 11.5. The molecule has 2 aromatic heterocycles. The van der Waals surface area contributed by atoms with Crippen molar-refractivity contribution in [1.29, 1.82) is 0 Å². The number of para-hydroxylation sites is 2. The third kappa shape index (κ3) is 8.22. The second kappa shape index (κ2) is 15.7. The maximum Gasteiger partial charge on any atom is 0.459 e. The van der Waals surface area contributed by atoms with Gasteiger partial charge in [0.25, 0.3) is 0 Å². The zero-order chi connectivity index (χ0) is 34.1. The summed E-state index contributed by atoms with van der Waals surface area (Å²) < 4.78 is 40.4. The zero-order valence-electron chi connectivity index (χ0n) is 27.9. The Morgan fingerprint density at radius 1 is 0.979 bits per heavy atom. The van der Waals surface area contributed by atoms with Gasteiger partial charge in [-0.2, -0.15) is 5.09 Å². The summed E-state index contributed by atoms with van der Waals surface area (Å²) in [5.74, 6) is 0.676. The molecule has 0 aliphatic rings. The summed E-state index contributed by atoms with van der Waals surface area (Å²) in [4.78, 5) is 22.6. The number of carbonyl (C=O) groups excluding carboxylic acids is 1. The van der Waals surface area contributed by atoms with Crippen LogP contribution in [0.25, 0.3) is 21.9 Å². The molecule has 0 saturated carbocycles. The number of benzene rings is 3. The monoisotopic (exact) mass is 673 g/mol. The molecule has 0 aliphatic heterocycles. The number of hydrogen-bond acceptors (Lipinski definition) is 9. The van der Waals surface area contributed by atoms with E-state index in [9.17, 15) is 9.36 Å². The number of carbonyl (C=O) groups is 1. The molecule has 0 bridgehead atoms. The standard InChI is InChI=1S/C36H44N5O6P/c1-5-7-22-36(4,41-31(24-44-6-2)39-32-33(41)29-20-14-15-21-30(29)38-34(32)37)25-46-48(43,47-28-18-12-9-13-19-28)40-26(3)35(42)45-23-27-16-10-8-11-17-27/h8-21,26H,5-7,22-25H2,1-4H3,(H2,37,38)(H,40,43)/t26-,36?,48+/m0/s1. The highest BCUT2D eigenvalue weighted by atomic mass is 31.2. The summed E-state index contributed by atoms with van der Waals surface area (Å²) >= 11 is 0. The molecule has 3 atom stereocenters. The molecular weight excluding hydrogens is 629 g/mol. The highest BCUT2D eigenvalue weighted by Gasteiger charge is 2.39. The quantitative estimate of drug-likeness (QED) is 0.0752. The Labute approximate surface area is 281 Å². The van der Waals surface area contributed by atoms with E-state index in [1.165, 1.54) is 0 Å². The summed E-state index contributed by atoms with van der Waals surface area (Å²) in [7, 11) is -4.18. The predicted octanol–water partition coefficient (Wildman–Crippen LogP) is 7.53. The molecule has 0 fully saturated rings. The van der Waals surface area contributed by atoms with Gasteiger partial charge < -0.3 is 24.3 Å². The van der Waals surface area contributed by atoms with E-state index in [-0.39, 0.29) is 19.8 Å². The fourth-order valence-corrected chi connectivity index (χ4v) is 7.21. The number of ether oxygens (including phenoxy) is 2. The minimum absolute atomic E-state index is 0.0585. The minimum Gasteiger partial charge on any atom is -0.460 e. The van der Waals surface area contributed by atoms with Gasteiger partial charge in [-0.15, -0.1) is 0 Å². The second-order valence-corrected chi connectivity index (χ2v) is 13.6. The lowest BCUT2D eigenvalue weighted by Gasteiger charge is -2.35. The molecule has 48 heavy (non-hydrogen) atoms. The Balaban J connectivity index is 1.51. The number of unbranched alkanes of at least 4 members (excludes halogenated alkanes) is 1. The lowest BCUT2D eigenvalue weighted by molar-refractivity contribution is -0.146. The van der Waals surface area contributed by atoms with E-state index in [2.05, 4.69) is 21.6 Å². The summed E-state index contributed by atoms with van der Waals surface area (Å²) in [6, 6.07) is 24.8. The number of esters is 1. The number of aromatic nitrogens is 3. The normalized spacial score (nSPS) is 14.8. The van der Waals surface area contributed by atoms with E-state index in [0.717, 1.165) is 34.8 Å². The third-order valence-electron chi connectivity index (χ3n) is 8.08. The Hall–Kier alpha value is -4.28. The lowest BCUT2D eigenvalue weighted by Crippen LogP contribution is -2.39. The first-order valence-electron chi connectivity index (χ1n) is 16.3. The maximum absolute atomic E-state index is 14.6. The van der Waals surface area contributed by atoms with E-state index >= 15 is 0 Å². The van der Waals surface area contributed by atoms with Crippen molar-refractivity contribution in [1.82, 2.24) is 19.6 Å². The van der Waals surface area contributed by atoms with Crippen LogP contribution in [0.15, 0.2) is 84.9 Å². The number of imidazole rings is 1. The fraction of sp³-hybridized carbons (Fsp3) is 0.361. The predicted molar refractivity (Wildman–Crippen MR) is 187 cm³/mol. The van der Waals surface area contributed by atoms with Crippen LogP contribution in [0, 0.1) is 0 Å². The van der Waals surface area contributed by atoms with E-state index < -0.39 is 25.3 Å². The number of rotatable bonds is 17. The van der Waals surface area contributed by atoms with E-state index in [1.807, 2.05) is 74.5 Å². The number of fused-ring (bicyclic) bond motifs is 3. The van der Waals surface area contributed by atoms with Crippen molar-refractivity contribution in [2.75, 3.05) is 18.9 Å². The van der Waals surface area contributed by atoms with Crippen molar-refractivity contribution in [2.24, 2.45) is 0 Å². The molecule has 0 amide bonds. The second-order valence-electron chi connectivity index (χ2n) is 11.9. The van der Waals surface area contributed by atoms with Gasteiger partial charge in [0.15, 0.2) is 5.82 Å². The van der Waals surface area contributed by atoms with Crippen LogP contribution in [0.5, 0.6) is 5.75 Å². The largest absolute Gasteiger partial charge is 0.460 e. The molecule has 1 unspecified atom stereocenters. The van der Waals surface area contributed by atoms with Crippen LogP contribution in [-0.4, -0.2) is 39.8 Å². The minimum atomic E-state index is -4.18. The van der Waals surface area contributed by atoms with Crippen molar-refractivity contribution >= 4 is 41.5 Å². The number of anilines is 1. The van der Waals surface area contributed by atoms with Gasteiger partial charge in [0.2, 0.25) is 0 Å². The van der Waals surface area contributed by atoms with E-state index in [4.69, 9.17) is 29.2 Å². The van der Waals surface area contributed by atoms with Crippen LogP contribution in [0.3, 0.4) is 0 Å². The number of nitrogens with zero attached hydrogens (tertiary/aromatic N) is 3. The highest BCUT2D eigenvalue weighted by Crippen LogP contribution is 2.47. The summed E-state index contributed by atoms with van der Waals surface area (Å²) in [6.45, 7) is 8.37. The molecule has 5 aromatic rings. The Morgan fingerprint density at radius 2 is 1.67 bits per heavy atom. The van der Waals surface area contributed by atoms with Crippen molar-refractivity contribution in [3.63, 3.8) is 0 Å². The molecule has 12 heteroatoms. The third-order valence-corrected chi connectivity index (χ3v) is 9.70. The van der Waals surface area contributed by atoms with Gasteiger partial charge in [-0.05, 0) is 51.0 Å². The summed E-state index contributed by atoms with van der Waals surface area (Å²) in [6.07, 6.45) is 2.39. The molecule has 5 rings (SSSR count). The Morgan fingerprint density at radius 3 is 2.38 bits per heavy atom. The molecule has 0 radical (unpaired) electrons. The first-order valence-corrected chi connectivity index (χ1v) is 17.8. The first kappa shape index (κ1) is 35.0. The van der Waals surface area contributed by atoms with Crippen molar-refractivity contribution in [3.05, 3.63) is 96.3 Å². The Bertz CT molecular complexity index is 1870. The van der Waals surface area contributed by atoms with E-state index in [1.54, 1.807) is 31.2 Å². The van der Waals surface area contributed by atoms with Gasteiger partial charge in [-0.25, -0.2) is 14.5 Å². The number of nitrogens with two attached hydrogens (primary N) is 1. The van der Waals surface area contributed by atoms with Gasteiger partial charge in [-0.1, -0.05) is 86.5 Å². The van der Waals surface area contributed by atoms with Crippen LogP contribution in [0.4, 0.5) is 5.82 Å². The van der Waals surface area contributed by atoms with Crippen molar-refractivity contribution in [3.8, 4) is 5.75 Å². The molecular formula is C36H44N5O6P. The van der Waals surface area contributed by atoms with Crippen molar-refractivity contribution in [2.45, 2.75) is 71.8 Å². The van der Waals surface area contributed by atoms with Gasteiger partial charge in [0, 0.05) is 12.0 Å². The average Bonchev–Trinajstić information content (AvgIpc) is 3.50. The van der Waals surface area contributed by atoms with Gasteiger partial charge in [-0.3, -0.25) is 9.32 Å². The van der Waals surface area contributed by atoms with Crippen LogP contribution in [0.1, 0.15) is 58.3 Å². The summed E-state index contributed by atoms with van der Waals surface area (Å²) in [5.41, 5.74) is 8.59. The fourth-order valence-electron chi connectivity index (χ4n) is 5.60. The molecule has 3 N–H and O–H groups in total. The number of nitrogen functional groups attached to an aromatic ring is 1. The number of pyridine rings is 1.